The molecule has 1 aromatic carbocycles. The lowest BCUT2D eigenvalue weighted by Gasteiger charge is -2.21. The van der Waals surface area contributed by atoms with Crippen molar-refractivity contribution in [2.45, 2.75) is 32.3 Å². The number of amidine groups is 1. The Kier molecular flexibility index (Phi) is 3.85. The fraction of sp³-hybridized carbons (Fsp3) is 0.429. The van der Waals surface area contributed by atoms with E-state index in [1.807, 2.05) is 19.9 Å². The summed E-state index contributed by atoms with van der Waals surface area (Å²) >= 11 is 1.68. The number of aryl methyl sites for hydroxylation is 1. The van der Waals surface area contributed by atoms with E-state index in [4.69, 9.17) is 11.1 Å². The van der Waals surface area contributed by atoms with Crippen LogP contribution in [0.2, 0.25) is 0 Å². The molecule has 2 rings (SSSR count). The molecule has 0 fully saturated rings. The minimum Gasteiger partial charge on any atom is -0.387 e. The van der Waals surface area contributed by atoms with Gasteiger partial charge in [0.1, 0.15) is 0 Å². The number of imidazole rings is 1. The van der Waals surface area contributed by atoms with Crippen molar-refractivity contribution in [1.29, 1.82) is 5.41 Å². The van der Waals surface area contributed by atoms with Gasteiger partial charge in [0.25, 0.3) is 0 Å². The van der Waals surface area contributed by atoms with Gasteiger partial charge in [-0.2, -0.15) is 0 Å². The summed E-state index contributed by atoms with van der Waals surface area (Å²) in [5, 5.41) is 8.47. The number of nitrogens with zero attached hydrogens (tertiary/aromatic N) is 1. The summed E-state index contributed by atoms with van der Waals surface area (Å²) in [4.78, 5) is 7.86. The minimum atomic E-state index is -0.240. The summed E-state index contributed by atoms with van der Waals surface area (Å²) < 4.78 is 0. The van der Waals surface area contributed by atoms with E-state index in [9.17, 15) is 0 Å². The maximum absolute atomic E-state index is 7.54. The van der Waals surface area contributed by atoms with Crippen LogP contribution in [-0.2, 0) is 0 Å². The van der Waals surface area contributed by atoms with Crippen molar-refractivity contribution >= 4 is 28.6 Å². The average molecular weight is 276 g/mol. The number of hydrogen-bond acceptors (Lipinski definition) is 3. The largest absolute Gasteiger partial charge is 0.387 e. The Morgan fingerprint density at radius 3 is 2.89 bits per heavy atom. The van der Waals surface area contributed by atoms with E-state index in [0.717, 1.165) is 28.4 Å². The normalized spacial score (nSPS) is 11.9. The Balaban J connectivity index is 2.00. The molecular weight excluding hydrogens is 256 g/mol. The molecule has 0 saturated heterocycles. The second kappa shape index (κ2) is 5.25. The Bertz CT molecular complexity index is 601. The number of nitrogens with one attached hydrogen (secondary N) is 2. The van der Waals surface area contributed by atoms with Crippen molar-refractivity contribution in [3.63, 3.8) is 0 Å². The number of rotatable bonds is 5. The maximum Gasteiger partial charge on any atom is 0.166 e. The molecule has 0 amide bonds. The van der Waals surface area contributed by atoms with Gasteiger partial charge in [-0.1, -0.05) is 31.7 Å². The second-order valence-electron chi connectivity index (χ2n) is 5.46. The SMILES string of the molecule is Cc1ccc2nc(SCCC(C)(C)C(=N)N)[nH]c2c1. The zero-order valence-electron chi connectivity index (χ0n) is 11.6. The van der Waals surface area contributed by atoms with Crippen molar-refractivity contribution in [2.75, 3.05) is 5.75 Å². The number of thioether (sulfide) groups is 1. The number of aromatic nitrogens is 2. The van der Waals surface area contributed by atoms with Gasteiger partial charge >= 0.3 is 0 Å². The molecule has 0 unspecified atom stereocenters. The fourth-order valence-electron chi connectivity index (χ4n) is 1.71. The Morgan fingerprint density at radius 1 is 1.47 bits per heavy atom. The lowest BCUT2D eigenvalue weighted by molar-refractivity contribution is 0.500. The minimum absolute atomic E-state index is 0.240. The molecule has 2 aromatic rings. The van der Waals surface area contributed by atoms with E-state index < -0.39 is 0 Å². The first-order valence-corrected chi connectivity index (χ1v) is 7.31. The Hall–Kier alpha value is -1.49. The summed E-state index contributed by atoms with van der Waals surface area (Å²) in [6, 6.07) is 6.20. The molecule has 0 bridgehead atoms. The standard InChI is InChI=1S/C14H20N4S/c1-9-4-5-10-11(8-9)18-13(17-10)19-7-6-14(2,3)12(15)16/h4-5,8H,6-7H2,1-3H3,(H3,15,16)(H,17,18). The monoisotopic (exact) mass is 276 g/mol. The number of nitrogens with two attached hydrogens (primary N) is 1. The summed E-state index contributed by atoms with van der Waals surface area (Å²) in [6.07, 6.45) is 0.864. The van der Waals surface area contributed by atoms with Crippen molar-refractivity contribution in [2.24, 2.45) is 11.1 Å². The molecule has 4 nitrogen and oxygen atoms in total. The van der Waals surface area contributed by atoms with E-state index in [0.29, 0.717) is 0 Å². The first-order valence-electron chi connectivity index (χ1n) is 6.32. The highest BCUT2D eigenvalue weighted by Gasteiger charge is 2.21. The predicted octanol–water partition coefficient (Wildman–Crippen LogP) is 3.32. The zero-order chi connectivity index (χ0) is 14.0. The van der Waals surface area contributed by atoms with Gasteiger partial charge in [0.05, 0.1) is 16.9 Å². The van der Waals surface area contributed by atoms with Crippen LogP contribution in [0, 0.1) is 17.7 Å². The summed E-state index contributed by atoms with van der Waals surface area (Å²) in [5.41, 5.74) is 8.64. The molecule has 102 valence electrons. The van der Waals surface area contributed by atoms with Gasteiger partial charge in [0, 0.05) is 11.2 Å². The van der Waals surface area contributed by atoms with Gasteiger partial charge in [-0.3, -0.25) is 5.41 Å². The quantitative estimate of drug-likeness (QED) is 0.445. The van der Waals surface area contributed by atoms with Gasteiger partial charge in [-0.05, 0) is 31.0 Å². The third kappa shape index (κ3) is 3.29. The van der Waals surface area contributed by atoms with Gasteiger partial charge in [-0.25, -0.2) is 4.98 Å². The molecule has 0 aliphatic carbocycles. The molecule has 1 aromatic heterocycles. The topological polar surface area (TPSA) is 78.6 Å². The van der Waals surface area contributed by atoms with Crippen LogP contribution in [-0.4, -0.2) is 21.6 Å². The number of aromatic amines is 1. The van der Waals surface area contributed by atoms with Crippen LogP contribution in [0.3, 0.4) is 0 Å². The summed E-state index contributed by atoms with van der Waals surface area (Å²) in [5.74, 6) is 1.14. The van der Waals surface area contributed by atoms with E-state index in [1.54, 1.807) is 11.8 Å². The number of hydrogen-bond donors (Lipinski definition) is 3. The smallest absolute Gasteiger partial charge is 0.166 e. The maximum atomic E-state index is 7.54. The van der Waals surface area contributed by atoms with Crippen molar-refractivity contribution in [1.82, 2.24) is 9.97 Å². The molecule has 0 atom stereocenters. The molecule has 0 spiro atoms. The highest BCUT2D eigenvalue weighted by molar-refractivity contribution is 7.99. The molecule has 4 N–H and O–H groups in total. The first-order chi connectivity index (χ1) is 8.88. The van der Waals surface area contributed by atoms with Crippen LogP contribution in [0.5, 0.6) is 0 Å². The molecule has 1 heterocycles. The van der Waals surface area contributed by atoms with Crippen LogP contribution >= 0.6 is 11.8 Å². The molecule has 0 radical (unpaired) electrons. The highest BCUT2D eigenvalue weighted by atomic mass is 32.2. The molecule has 0 aliphatic rings. The molecule has 19 heavy (non-hydrogen) atoms. The second-order valence-corrected chi connectivity index (χ2v) is 6.54. The highest BCUT2D eigenvalue weighted by Crippen LogP contribution is 2.26. The van der Waals surface area contributed by atoms with Crippen molar-refractivity contribution < 1.29 is 0 Å². The van der Waals surface area contributed by atoms with Crippen molar-refractivity contribution in [3.8, 4) is 0 Å². The van der Waals surface area contributed by atoms with Crippen LogP contribution < -0.4 is 5.73 Å². The molecule has 5 heteroatoms. The van der Waals surface area contributed by atoms with Crippen LogP contribution in [0.25, 0.3) is 11.0 Å². The van der Waals surface area contributed by atoms with Crippen molar-refractivity contribution in [3.05, 3.63) is 23.8 Å². The molecule has 0 saturated carbocycles. The van der Waals surface area contributed by atoms with E-state index in [1.165, 1.54) is 5.56 Å². The van der Waals surface area contributed by atoms with Crippen LogP contribution in [0.15, 0.2) is 23.4 Å². The van der Waals surface area contributed by atoms with E-state index in [2.05, 4.69) is 29.0 Å². The van der Waals surface area contributed by atoms with E-state index in [-0.39, 0.29) is 11.3 Å². The number of H-pyrrole nitrogens is 1. The lowest BCUT2D eigenvalue weighted by atomic mass is 9.89. The average Bonchev–Trinajstić information content (AvgIpc) is 2.70. The van der Waals surface area contributed by atoms with Crippen LogP contribution in [0.1, 0.15) is 25.8 Å². The van der Waals surface area contributed by atoms with E-state index >= 15 is 0 Å². The first kappa shape index (κ1) is 13.9. The molecular formula is C14H20N4S. The molecule has 0 aliphatic heterocycles. The Labute approximate surface area is 117 Å². The van der Waals surface area contributed by atoms with Gasteiger partial charge in [0.2, 0.25) is 0 Å². The third-order valence-electron chi connectivity index (χ3n) is 3.31. The van der Waals surface area contributed by atoms with Crippen LogP contribution in [0.4, 0.5) is 0 Å². The summed E-state index contributed by atoms with van der Waals surface area (Å²) in [7, 11) is 0. The third-order valence-corrected chi connectivity index (χ3v) is 4.19. The van der Waals surface area contributed by atoms with Gasteiger partial charge < -0.3 is 10.7 Å². The Morgan fingerprint density at radius 2 is 2.21 bits per heavy atom. The fourth-order valence-corrected chi connectivity index (χ4v) is 2.86. The summed E-state index contributed by atoms with van der Waals surface area (Å²) in [6.45, 7) is 6.07. The van der Waals surface area contributed by atoms with Gasteiger partial charge in [-0.15, -0.1) is 0 Å². The number of fused-ring (bicyclic) bond motifs is 1. The predicted molar refractivity (Wildman–Crippen MR) is 81.9 cm³/mol. The number of benzene rings is 1. The van der Waals surface area contributed by atoms with Gasteiger partial charge in [0.15, 0.2) is 5.16 Å². The zero-order valence-corrected chi connectivity index (χ0v) is 12.4. The lowest BCUT2D eigenvalue weighted by Crippen LogP contribution is -2.31.